The first-order valence-corrected chi connectivity index (χ1v) is 6.63. The van der Waals surface area contributed by atoms with E-state index in [0.717, 1.165) is 6.42 Å². The lowest BCUT2D eigenvalue weighted by Crippen LogP contribution is -2.49. The van der Waals surface area contributed by atoms with Crippen LogP contribution in [0.25, 0.3) is 0 Å². The summed E-state index contributed by atoms with van der Waals surface area (Å²) in [7, 11) is 1.56. The highest BCUT2D eigenvalue weighted by atomic mass is 16.4. The van der Waals surface area contributed by atoms with Gasteiger partial charge in [-0.3, -0.25) is 0 Å². The number of amides is 2. The summed E-state index contributed by atoms with van der Waals surface area (Å²) in [5, 5.41) is 9.06. The van der Waals surface area contributed by atoms with Crippen LogP contribution in [0.5, 0.6) is 0 Å². The molecular weight excluding hydrogens is 232 g/mol. The van der Waals surface area contributed by atoms with Crippen molar-refractivity contribution in [2.45, 2.75) is 46.6 Å². The molecule has 2 atom stereocenters. The minimum Gasteiger partial charge on any atom is -0.480 e. The molecule has 0 spiro atoms. The van der Waals surface area contributed by atoms with Crippen LogP contribution in [0.3, 0.4) is 0 Å². The van der Waals surface area contributed by atoms with Gasteiger partial charge in [-0.1, -0.05) is 27.2 Å². The van der Waals surface area contributed by atoms with Crippen molar-refractivity contribution >= 4 is 12.0 Å². The Hall–Kier alpha value is -1.26. The van der Waals surface area contributed by atoms with E-state index < -0.39 is 12.0 Å². The smallest absolute Gasteiger partial charge is 0.326 e. The van der Waals surface area contributed by atoms with E-state index >= 15 is 0 Å². The number of carbonyl (C=O) groups excluding carboxylic acids is 1. The minimum absolute atomic E-state index is 0.202. The molecule has 5 nitrogen and oxygen atoms in total. The standard InChI is InChI=1S/C13H26N2O3/c1-6-10(4)9-15(8-3)13(18)14(5)11(7-2)12(16)17/h10-11H,6-9H2,1-5H3,(H,16,17). The highest BCUT2D eigenvalue weighted by molar-refractivity contribution is 5.82. The van der Waals surface area contributed by atoms with Gasteiger partial charge in [0, 0.05) is 20.1 Å². The van der Waals surface area contributed by atoms with Gasteiger partial charge in [0.25, 0.3) is 0 Å². The maximum Gasteiger partial charge on any atom is 0.326 e. The molecular formula is C13H26N2O3. The number of rotatable bonds is 7. The van der Waals surface area contributed by atoms with Crippen LogP contribution in [0.15, 0.2) is 0 Å². The Morgan fingerprint density at radius 3 is 2.06 bits per heavy atom. The molecule has 18 heavy (non-hydrogen) atoms. The fourth-order valence-electron chi connectivity index (χ4n) is 1.82. The number of nitrogens with zero attached hydrogens (tertiary/aromatic N) is 2. The van der Waals surface area contributed by atoms with Crippen molar-refractivity contribution < 1.29 is 14.7 Å². The van der Waals surface area contributed by atoms with Crippen LogP contribution in [-0.2, 0) is 4.79 Å². The summed E-state index contributed by atoms with van der Waals surface area (Å²) in [6, 6.07) is -0.949. The average molecular weight is 258 g/mol. The number of carbonyl (C=O) groups is 2. The number of carboxylic acid groups (broad SMARTS) is 1. The van der Waals surface area contributed by atoms with E-state index in [1.807, 2.05) is 6.92 Å². The first-order chi connectivity index (χ1) is 8.38. The summed E-state index contributed by atoms with van der Waals surface area (Å²) in [6.07, 6.45) is 1.42. The Labute approximate surface area is 110 Å². The maximum absolute atomic E-state index is 12.2. The third-order valence-electron chi connectivity index (χ3n) is 3.32. The predicted molar refractivity (Wildman–Crippen MR) is 71.6 cm³/mol. The van der Waals surface area contributed by atoms with Crippen LogP contribution < -0.4 is 0 Å². The topological polar surface area (TPSA) is 60.9 Å². The molecule has 106 valence electrons. The van der Waals surface area contributed by atoms with Gasteiger partial charge >= 0.3 is 12.0 Å². The highest BCUT2D eigenvalue weighted by Gasteiger charge is 2.27. The van der Waals surface area contributed by atoms with E-state index in [1.54, 1.807) is 18.9 Å². The zero-order valence-corrected chi connectivity index (χ0v) is 12.1. The van der Waals surface area contributed by atoms with Crippen molar-refractivity contribution in [3.8, 4) is 0 Å². The van der Waals surface area contributed by atoms with E-state index in [1.165, 1.54) is 4.90 Å². The number of hydrogen-bond donors (Lipinski definition) is 1. The predicted octanol–water partition coefficient (Wildman–Crippen LogP) is 2.27. The summed E-state index contributed by atoms with van der Waals surface area (Å²) < 4.78 is 0. The highest BCUT2D eigenvalue weighted by Crippen LogP contribution is 2.10. The second-order valence-corrected chi connectivity index (χ2v) is 4.71. The second kappa shape index (κ2) is 7.95. The molecule has 0 aromatic rings. The molecule has 2 unspecified atom stereocenters. The molecule has 1 N–H and O–H groups in total. The van der Waals surface area contributed by atoms with Gasteiger partial charge in [-0.15, -0.1) is 0 Å². The molecule has 0 aliphatic heterocycles. The molecule has 0 radical (unpaired) electrons. The fourth-order valence-corrected chi connectivity index (χ4v) is 1.82. The van der Waals surface area contributed by atoms with Crippen molar-refractivity contribution in [1.29, 1.82) is 0 Å². The molecule has 0 saturated carbocycles. The van der Waals surface area contributed by atoms with Gasteiger partial charge in [0.15, 0.2) is 0 Å². The third-order valence-corrected chi connectivity index (χ3v) is 3.32. The lowest BCUT2D eigenvalue weighted by molar-refractivity contribution is -0.142. The van der Waals surface area contributed by atoms with Crippen LogP contribution >= 0.6 is 0 Å². The van der Waals surface area contributed by atoms with E-state index in [4.69, 9.17) is 5.11 Å². The van der Waals surface area contributed by atoms with Crippen LogP contribution in [-0.4, -0.2) is 53.1 Å². The number of aliphatic carboxylic acids is 1. The van der Waals surface area contributed by atoms with E-state index in [0.29, 0.717) is 25.4 Å². The maximum atomic E-state index is 12.2. The number of urea groups is 1. The molecule has 0 heterocycles. The van der Waals surface area contributed by atoms with Crippen molar-refractivity contribution in [2.75, 3.05) is 20.1 Å². The average Bonchev–Trinajstić information content (AvgIpc) is 2.34. The Balaban J connectivity index is 4.71. The van der Waals surface area contributed by atoms with Gasteiger partial charge in [0.1, 0.15) is 6.04 Å². The Bertz CT molecular complexity index is 281. The SMILES string of the molecule is CCC(C)CN(CC)C(=O)N(C)C(CC)C(=O)O. The summed E-state index contributed by atoms with van der Waals surface area (Å²) in [6.45, 7) is 9.13. The lowest BCUT2D eigenvalue weighted by Gasteiger charge is -2.32. The Morgan fingerprint density at radius 2 is 1.72 bits per heavy atom. The van der Waals surface area contributed by atoms with Gasteiger partial charge in [-0.25, -0.2) is 9.59 Å². The molecule has 0 fully saturated rings. The zero-order valence-electron chi connectivity index (χ0n) is 12.1. The second-order valence-electron chi connectivity index (χ2n) is 4.71. The van der Waals surface area contributed by atoms with Gasteiger partial charge in [-0.2, -0.15) is 0 Å². The van der Waals surface area contributed by atoms with Crippen molar-refractivity contribution in [2.24, 2.45) is 5.92 Å². The molecule has 2 amide bonds. The summed E-state index contributed by atoms with van der Waals surface area (Å²) in [5.41, 5.74) is 0. The first kappa shape index (κ1) is 16.7. The minimum atomic E-state index is -0.951. The lowest BCUT2D eigenvalue weighted by atomic mass is 10.1. The number of carboxylic acids is 1. The van der Waals surface area contributed by atoms with Crippen molar-refractivity contribution in [1.82, 2.24) is 9.80 Å². The third kappa shape index (κ3) is 4.55. The molecule has 5 heteroatoms. The van der Waals surface area contributed by atoms with Crippen LogP contribution in [0.2, 0.25) is 0 Å². The number of likely N-dealkylation sites (N-methyl/N-ethyl adjacent to an activating group) is 1. The zero-order chi connectivity index (χ0) is 14.3. The van der Waals surface area contributed by atoms with Crippen molar-refractivity contribution in [3.63, 3.8) is 0 Å². The summed E-state index contributed by atoms with van der Waals surface area (Å²) >= 11 is 0. The largest absolute Gasteiger partial charge is 0.480 e. The van der Waals surface area contributed by atoms with Crippen LogP contribution in [0.1, 0.15) is 40.5 Å². The quantitative estimate of drug-likeness (QED) is 0.762. The van der Waals surface area contributed by atoms with E-state index in [2.05, 4.69) is 13.8 Å². The molecule has 0 bridgehead atoms. The molecule has 0 rings (SSSR count). The van der Waals surface area contributed by atoms with Gasteiger partial charge < -0.3 is 14.9 Å². The Morgan fingerprint density at radius 1 is 1.17 bits per heavy atom. The summed E-state index contributed by atoms with van der Waals surface area (Å²) in [4.78, 5) is 26.3. The van der Waals surface area contributed by atoms with Crippen LogP contribution in [0.4, 0.5) is 4.79 Å². The molecule has 0 aromatic heterocycles. The van der Waals surface area contributed by atoms with Crippen LogP contribution in [0, 0.1) is 5.92 Å². The Kier molecular flexibility index (Phi) is 7.39. The monoisotopic (exact) mass is 258 g/mol. The molecule has 0 aliphatic rings. The van der Waals surface area contributed by atoms with Gasteiger partial charge in [0.2, 0.25) is 0 Å². The van der Waals surface area contributed by atoms with Crippen molar-refractivity contribution in [3.05, 3.63) is 0 Å². The normalized spacial score (nSPS) is 13.8. The van der Waals surface area contributed by atoms with Gasteiger partial charge in [-0.05, 0) is 19.3 Å². The number of hydrogen-bond acceptors (Lipinski definition) is 2. The molecule has 0 aliphatic carbocycles. The van der Waals surface area contributed by atoms with E-state index in [-0.39, 0.29) is 6.03 Å². The fraction of sp³-hybridized carbons (Fsp3) is 0.846. The van der Waals surface area contributed by atoms with Gasteiger partial charge in [0.05, 0.1) is 0 Å². The van der Waals surface area contributed by atoms with E-state index in [9.17, 15) is 9.59 Å². The summed E-state index contributed by atoms with van der Waals surface area (Å²) in [5.74, 6) is -0.528. The molecule has 0 aromatic carbocycles. The first-order valence-electron chi connectivity index (χ1n) is 6.63. The molecule has 0 saturated heterocycles.